The van der Waals surface area contributed by atoms with E-state index in [9.17, 15) is 0 Å². The van der Waals surface area contributed by atoms with E-state index in [0.29, 0.717) is 0 Å². The summed E-state index contributed by atoms with van der Waals surface area (Å²) in [5.74, 6) is 0. The van der Waals surface area contributed by atoms with Crippen LogP contribution in [-0.4, -0.2) is 21.6 Å². The zero-order chi connectivity index (χ0) is 5.28. The monoisotopic (exact) mass is 178 g/mol. The van der Waals surface area contributed by atoms with Crippen LogP contribution in [0.2, 0.25) is 0 Å². The van der Waals surface area contributed by atoms with Crippen LogP contribution in [0, 0.1) is 0 Å². The van der Waals surface area contributed by atoms with E-state index in [2.05, 4.69) is 0 Å². The first-order valence-corrected chi connectivity index (χ1v) is 2.26. The molecule has 0 amide bonds. The van der Waals surface area contributed by atoms with Crippen molar-refractivity contribution in [3.63, 3.8) is 0 Å². The van der Waals surface area contributed by atoms with Gasteiger partial charge in [-0.05, 0) is 0 Å². The van der Waals surface area contributed by atoms with Gasteiger partial charge in [-0.2, -0.15) is 0 Å². The fourth-order valence-electron chi connectivity index (χ4n) is 0.575. The molecule has 0 saturated heterocycles. The van der Waals surface area contributed by atoms with Crippen LogP contribution in [0.25, 0.3) is 0 Å². The van der Waals surface area contributed by atoms with Gasteiger partial charge in [0.25, 0.3) is 0 Å². The van der Waals surface area contributed by atoms with Crippen molar-refractivity contribution >= 4 is 17.1 Å². The van der Waals surface area contributed by atoms with Crippen molar-refractivity contribution in [2.75, 3.05) is 0 Å². The third kappa shape index (κ3) is 1.68. The molecule has 1 aromatic rings. The molecule has 1 rings (SSSR count). The summed E-state index contributed by atoms with van der Waals surface area (Å²) in [6.07, 6.45) is 6.00. The summed E-state index contributed by atoms with van der Waals surface area (Å²) in [7, 11) is 4.00. The number of nitrogens with zero attached hydrogens (tertiary/aromatic N) is 2. The molecule has 0 bridgehead atoms. The molecule has 0 aromatic carbocycles. The van der Waals surface area contributed by atoms with Gasteiger partial charge in [0.05, 0.1) is 14.1 Å². The Labute approximate surface area is 59.6 Å². The van der Waals surface area contributed by atoms with Crippen LogP contribution in [0.1, 0.15) is 0 Å². The Kier molecular flexibility index (Phi) is 2.80. The molecule has 0 fully saturated rings. The maximum atomic E-state index is 2.00. The SMILES string of the molecule is Cn1cc[n+](C)c1.[SeH-]. The molecule has 3 heteroatoms. The van der Waals surface area contributed by atoms with Gasteiger partial charge in [-0.3, -0.25) is 0 Å². The van der Waals surface area contributed by atoms with Gasteiger partial charge >= 0.3 is 17.1 Å². The molecular weight excluding hydrogens is 167 g/mol. The third-order valence-electron chi connectivity index (χ3n) is 0.901. The predicted molar refractivity (Wildman–Crippen MR) is 33.7 cm³/mol. The Morgan fingerprint density at radius 2 is 2.12 bits per heavy atom. The van der Waals surface area contributed by atoms with E-state index >= 15 is 0 Å². The fourth-order valence-corrected chi connectivity index (χ4v) is 0.575. The third-order valence-corrected chi connectivity index (χ3v) is 0.901. The molecule has 0 N–H and O–H groups in total. The van der Waals surface area contributed by atoms with E-state index in [1.54, 1.807) is 0 Å². The Morgan fingerprint density at radius 1 is 1.50 bits per heavy atom. The Morgan fingerprint density at radius 3 is 2.25 bits per heavy atom. The van der Waals surface area contributed by atoms with Crippen molar-refractivity contribution in [1.29, 1.82) is 0 Å². The predicted octanol–water partition coefficient (Wildman–Crippen LogP) is -0.799. The number of aromatic nitrogens is 2. The summed E-state index contributed by atoms with van der Waals surface area (Å²) in [4.78, 5) is 0. The van der Waals surface area contributed by atoms with Gasteiger partial charge in [-0.15, -0.1) is 0 Å². The van der Waals surface area contributed by atoms with Crippen LogP contribution in [0.5, 0.6) is 0 Å². The first kappa shape index (κ1) is 7.73. The van der Waals surface area contributed by atoms with Crippen LogP contribution in [0.15, 0.2) is 18.7 Å². The normalized spacial score (nSPS) is 8.25. The van der Waals surface area contributed by atoms with E-state index in [1.807, 2.05) is 42.0 Å². The van der Waals surface area contributed by atoms with Crippen LogP contribution in [0.3, 0.4) is 0 Å². The molecule has 0 saturated carbocycles. The van der Waals surface area contributed by atoms with Crippen molar-refractivity contribution in [1.82, 2.24) is 4.57 Å². The van der Waals surface area contributed by atoms with Crippen LogP contribution in [0.4, 0.5) is 0 Å². The van der Waals surface area contributed by atoms with Gasteiger partial charge in [0.15, 0.2) is 0 Å². The zero-order valence-corrected chi connectivity index (χ0v) is 6.95. The Hall–Kier alpha value is -0.271. The minimum atomic E-state index is 0. The Balaban J connectivity index is 0.000000490. The molecule has 46 valence electrons. The Bertz CT molecular complexity index is 143. The van der Waals surface area contributed by atoms with E-state index < -0.39 is 0 Å². The van der Waals surface area contributed by atoms with Crippen LogP contribution in [-0.2, 0) is 14.1 Å². The molecular formula is C5H10N2Se. The summed E-state index contributed by atoms with van der Waals surface area (Å²) in [6.45, 7) is 0. The molecule has 0 spiro atoms. The molecule has 2 nitrogen and oxygen atoms in total. The summed E-state index contributed by atoms with van der Waals surface area (Å²) in [5, 5.41) is 0. The van der Waals surface area contributed by atoms with E-state index in [1.165, 1.54) is 0 Å². The van der Waals surface area contributed by atoms with Crippen LogP contribution < -0.4 is 4.57 Å². The summed E-state index contributed by atoms with van der Waals surface area (Å²) >= 11 is 0. The summed E-state index contributed by atoms with van der Waals surface area (Å²) < 4.78 is 4.00. The fraction of sp³-hybridized carbons (Fsp3) is 0.400. The number of hydrogen-bond acceptors (Lipinski definition) is 0. The van der Waals surface area contributed by atoms with Crippen molar-refractivity contribution in [3.8, 4) is 0 Å². The number of hydrogen-bond donors (Lipinski definition) is 0. The second kappa shape index (κ2) is 2.90. The van der Waals surface area contributed by atoms with Gasteiger partial charge in [-0.1, -0.05) is 0 Å². The molecule has 0 aliphatic rings. The van der Waals surface area contributed by atoms with Gasteiger partial charge in [-0.25, -0.2) is 9.13 Å². The zero-order valence-electron chi connectivity index (χ0n) is 5.07. The second-order valence-electron chi connectivity index (χ2n) is 1.74. The average molecular weight is 177 g/mol. The van der Waals surface area contributed by atoms with Crippen molar-refractivity contribution < 1.29 is 4.57 Å². The molecule has 0 aliphatic carbocycles. The van der Waals surface area contributed by atoms with E-state index in [-0.39, 0.29) is 17.1 Å². The molecule has 0 atom stereocenters. The van der Waals surface area contributed by atoms with Gasteiger partial charge in [0.1, 0.15) is 12.4 Å². The average Bonchev–Trinajstić information content (AvgIpc) is 1.87. The molecule has 0 aliphatic heterocycles. The second-order valence-corrected chi connectivity index (χ2v) is 1.74. The number of rotatable bonds is 0. The standard InChI is InChI=1S/C5H9N2.H2Se/c1-6-3-4-7(2)5-6;/h3-5H,1-2H3;1H2/q+1;/p-1. The van der Waals surface area contributed by atoms with Gasteiger partial charge in [0.2, 0.25) is 6.33 Å². The number of aryl methyl sites for hydroxylation is 2. The maximum absolute atomic E-state index is 2.00. The van der Waals surface area contributed by atoms with Gasteiger partial charge < -0.3 is 0 Å². The molecule has 1 aromatic heterocycles. The van der Waals surface area contributed by atoms with Gasteiger partial charge in [0, 0.05) is 0 Å². The summed E-state index contributed by atoms with van der Waals surface area (Å²) in [5.41, 5.74) is 0. The minimum absolute atomic E-state index is 0. The quantitative estimate of drug-likeness (QED) is 0.362. The van der Waals surface area contributed by atoms with E-state index in [4.69, 9.17) is 0 Å². The van der Waals surface area contributed by atoms with E-state index in [0.717, 1.165) is 0 Å². The summed E-state index contributed by atoms with van der Waals surface area (Å²) in [6, 6.07) is 0. The molecule has 8 heavy (non-hydrogen) atoms. The first-order chi connectivity index (χ1) is 3.29. The molecule has 1 heterocycles. The molecule has 0 radical (unpaired) electrons. The molecule has 0 unspecified atom stereocenters. The van der Waals surface area contributed by atoms with Crippen molar-refractivity contribution in [2.45, 2.75) is 0 Å². The van der Waals surface area contributed by atoms with Crippen LogP contribution >= 0.6 is 0 Å². The van der Waals surface area contributed by atoms with Crippen molar-refractivity contribution in [3.05, 3.63) is 18.7 Å². The topological polar surface area (TPSA) is 8.81 Å². The first-order valence-electron chi connectivity index (χ1n) is 2.26. The number of imidazole rings is 1. The van der Waals surface area contributed by atoms with Crippen molar-refractivity contribution in [2.24, 2.45) is 14.1 Å².